The highest BCUT2D eigenvalue weighted by molar-refractivity contribution is 5.70. The fraction of sp³-hybridized carbons (Fsp3) is 0.851. The van der Waals surface area contributed by atoms with Crippen molar-refractivity contribution in [2.75, 3.05) is 47.5 Å². The van der Waals surface area contributed by atoms with Crippen molar-refractivity contribution < 1.29 is 42.9 Å². The molecule has 0 spiro atoms. The zero-order valence-electron chi connectivity index (χ0n) is 37.0. The Bertz CT molecular complexity index is 976. The number of rotatable bonds is 42. The first kappa shape index (κ1) is 53.8. The van der Waals surface area contributed by atoms with Crippen molar-refractivity contribution in [2.45, 2.75) is 212 Å². The second-order valence-corrected chi connectivity index (χ2v) is 16.7. The second kappa shape index (κ2) is 39.6. The first-order valence-corrected chi connectivity index (χ1v) is 23.0. The average molecular weight is 794 g/mol. The maximum atomic E-state index is 12.7. The van der Waals surface area contributed by atoms with Crippen molar-refractivity contribution in [1.29, 1.82) is 0 Å². The van der Waals surface area contributed by atoms with Crippen LogP contribution in [0.4, 0.5) is 0 Å². The van der Waals surface area contributed by atoms with Gasteiger partial charge in [-0.2, -0.15) is 0 Å². The Labute approximate surface area is 344 Å². The zero-order valence-corrected chi connectivity index (χ0v) is 37.0. The van der Waals surface area contributed by atoms with E-state index in [1.807, 2.05) is 21.1 Å². The van der Waals surface area contributed by atoms with Gasteiger partial charge in [0.25, 0.3) is 0 Å². The van der Waals surface area contributed by atoms with Gasteiger partial charge in [0, 0.05) is 12.8 Å². The fourth-order valence-corrected chi connectivity index (χ4v) is 6.29. The molecule has 0 aromatic heterocycles. The minimum atomic E-state index is -1.62. The van der Waals surface area contributed by atoms with Crippen LogP contribution in [-0.4, -0.2) is 82.3 Å². The van der Waals surface area contributed by atoms with E-state index in [1.54, 1.807) is 0 Å². The van der Waals surface area contributed by atoms with E-state index in [0.29, 0.717) is 17.4 Å². The summed E-state index contributed by atoms with van der Waals surface area (Å²) in [7, 11) is 5.91. The normalized spacial score (nSPS) is 13.1. The van der Waals surface area contributed by atoms with Crippen LogP contribution in [0.1, 0.15) is 200 Å². The minimum absolute atomic E-state index is 0.147. The number of carbonyl (C=O) groups is 3. The maximum absolute atomic E-state index is 12.7. The van der Waals surface area contributed by atoms with Crippen LogP contribution in [-0.2, 0) is 33.3 Å². The lowest BCUT2D eigenvalue weighted by Crippen LogP contribution is -2.44. The Balaban J connectivity index is 4.43. The van der Waals surface area contributed by atoms with Crippen LogP contribution in [0.15, 0.2) is 24.3 Å². The summed E-state index contributed by atoms with van der Waals surface area (Å²) in [6.45, 7) is 4.72. The van der Waals surface area contributed by atoms with Crippen molar-refractivity contribution in [3.8, 4) is 0 Å². The number of likely N-dealkylation sites (N-methyl/N-ethyl adjacent to an activating group) is 1. The lowest BCUT2D eigenvalue weighted by Gasteiger charge is -2.26. The Morgan fingerprint density at radius 1 is 0.518 bits per heavy atom. The number of carbonyl (C=O) groups excluding carboxylic acids is 3. The van der Waals surface area contributed by atoms with Crippen molar-refractivity contribution >= 4 is 17.9 Å². The lowest BCUT2D eigenvalue weighted by atomic mass is 10.1. The molecule has 9 heteroatoms. The molecule has 0 aliphatic rings. The number of carboxylic acids is 1. The highest BCUT2D eigenvalue weighted by atomic mass is 16.7. The van der Waals surface area contributed by atoms with Gasteiger partial charge in [-0.1, -0.05) is 147 Å². The standard InChI is InChI=1S/C47H87NO8/c1-6-8-10-12-14-16-18-20-22-23-24-26-28-30-32-34-36-38-45(50)56-43(42-55-47(46(51)52)53-40-39-48(3,4)5)41-54-44(49)37-35-33-31-29-27-25-21-19-17-15-13-11-9-7-2/h19-22,43,47H,6-18,23-42H2,1-5H3/b21-19-,22-20-. The van der Waals surface area contributed by atoms with Crippen LogP contribution in [0.5, 0.6) is 0 Å². The molecule has 0 aromatic rings. The molecule has 56 heavy (non-hydrogen) atoms. The number of aliphatic carboxylic acids is 1. The summed E-state index contributed by atoms with van der Waals surface area (Å²) in [5.41, 5.74) is 0. The molecule has 9 nitrogen and oxygen atoms in total. The maximum Gasteiger partial charge on any atom is 0.306 e. The third-order valence-corrected chi connectivity index (χ3v) is 9.92. The zero-order chi connectivity index (χ0) is 41.4. The van der Waals surface area contributed by atoms with Gasteiger partial charge in [0.15, 0.2) is 12.4 Å². The Morgan fingerprint density at radius 2 is 0.911 bits per heavy atom. The van der Waals surface area contributed by atoms with Crippen molar-refractivity contribution in [3.05, 3.63) is 24.3 Å². The summed E-state index contributed by atoms with van der Waals surface area (Å²) in [6.07, 6.45) is 39.1. The smallest absolute Gasteiger partial charge is 0.306 e. The number of quaternary nitrogens is 1. The molecular weight excluding hydrogens is 707 g/mol. The number of allylic oxidation sites excluding steroid dienone is 4. The van der Waals surface area contributed by atoms with Gasteiger partial charge in [-0.3, -0.25) is 9.59 Å². The molecule has 0 saturated carbocycles. The molecule has 0 bridgehead atoms. The third kappa shape index (κ3) is 40.0. The van der Waals surface area contributed by atoms with Gasteiger partial charge in [-0.05, 0) is 64.2 Å². The van der Waals surface area contributed by atoms with Gasteiger partial charge in [-0.25, -0.2) is 0 Å². The number of hydrogen-bond donors (Lipinski definition) is 0. The first-order chi connectivity index (χ1) is 27.1. The minimum Gasteiger partial charge on any atom is -0.545 e. The molecule has 0 N–H and O–H groups in total. The van der Waals surface area contributed by atoms with Crippen molar-refractivity contribution in [1.82, 2.24) is 0 Å². The highest BCUT2D eigenvalue weighted by Gasteiger charge is 2.21. The molecule has 0 rings (SSSR count). The largest absolute Gasteiger partial charge is 0.545 e. The summed E-state index contributed by atoms with van der Waals surface area (Å²) in [5.74, 6) is -2.30. The van der Waals surface area contributed by atoms with Gasteiger partial charge >= 0.3 is 11.9 Å². The van der Waals surface area contributed by atoms with Crippen molar-refractivity contribution in [3.63, 3.8) is 0 Å². The van der Waals surface area contributed by atoms with Gasteiger partial charge < -0.3 is 33.3 Å². The number of esters is 2. The van der Waals surface area contributed by atoms with Gasteiger partial charge in [0.05, 0.1) is 40.3 Å². The Morgan fingerprint density at radius 3 is 1.32 bits per heavy atom. The van der Waals surface area contributed by atoms with Crippen LogP contribution in [0.25, 0.3) is 0 Å². The highest BCUT2D eigenvalue weighted by Crippen LogP contribution is 2.14. The summed E-state index contributed by atoms with van der Waals surface area (Å²) in [5, 5.41) is 11.7. The predicted molar refractivity (Wildman–Crippen MR) is 228 cm³/mol. The molecule has 0 radical (unpaired) electrons. The summed E-state index contributed by atoms with van der Waals surface area (Å²) < 4.78 is 22.5. The molecule has 2 atom stereocenters. The van der Waals surface area contributed by atoms with E-state index in [4.69, 9.17) is 18.9 Å². The molecule has 0 heterocycles. The summed E-state index contributed by atoms with van der Waals surface area (Å²) in [6, 6.07) is 0. The number of ether oxygens (including phenoxy) is 4. The third-order valence-electron chi connectivity index (χ3n) is 9.92. The van der Waals surface area contributed by atoms with E-state index in [2.05, 4.69) is 38.2 Å². The lowest BCUT2D eigenvalue weighted by molar-refractivity contribution is -0.870. The van der Waals surface area contributed by atoms with Gasteiger partial charge in [0.1, 0.15) is 13.2 Å². The monoisotopic (exact) mass is 794 g/mol. The predicted octanol–water partition coefficient (Wildman–Crippen LogP) is 10.7. The van der Waals surface area contributed by atoms with E-state index < -0.39 is 24.3 Å². The molecule has 0 saturated heterocycles. The van der Waals surface area contributed by atoms with E-state index in [-0.39, 0.29) is 38.6 Å². The molecule has 0 aliphatic carbocycles. The number of hydrogen-bond acceptors (Lipinski definition) is 8. The number of unbranched alkanes of at least 4 members (excludes halogenated alkanes) is 23. The van der Waals surface area contributed by atoms with Crippen molar-refractivity contribution in [2.24, 2.45) is 0 Å². The molecule has 0 fully saturated rings. The Kier molecular flexibility index (Phi) is 38.0. The topological polar surface area (TPSA) is 111 Å². The molecule has 328 valence electrons. The van der Waals surface area contributed by atoms with Crippen LogP contribution in [0.3, 0.4) is 0 Å². The molecular formula is C47H87NO8. The number of nitrogens with zero attached hydrogens (tertiary/aromatic N) is 1. The first-order valence-electron chi connectivity index (χ1n) is 23.0. The summed E-state index contributed by atoms with van der Waals surface area (Å²) in [4.78, 5) is 37.0. The van der Waals surface area contributed by atoms with E-state index >= 15 is 0 Å². The second-order valence-electron chi connectivity index (χ2n) is 16.7. The Hall–Kier alpha value is -2.23. The van der Waals surface area contributed by atoms with E-state index in [1.165, 1.54) is 103 Å². The van der Waals surface area contributed by atoms with E-state index in [9.17, 15) is 19.5 Å². The van der Waals surface area contributed by atoms with Gasteiger partial charge in [0.2, 0.25) is 0 Å². The SMILES string of the molecule is CCCCCCC/C=C\CCCCCCCC(=O)OCC(COC(OCC[N+](C)(C)C)C(=O)[O-])OC(=O)CCCCCCCCC/C=C\CCCCCCCC. The molecule has 0 amide bonds. The molecule has 0 aliphatic heterocycles. The average Bonchev–Trinajstić information content (AvgIpc) is 3.15. The van der Waals surface area contributed by atoms with Crippen LogP contribution >= 0.6 is 0 Å². The molecule has 0 aromatic carbocycles. The van der Waals surface area contributed by atoms with Crippen LogP contribution in [0, 0.1) is 0 Å². The molecule has 2 unspecified atom stereocenters. The van der Waals surface area contributed by atoms with Gasteiger partial charge in [-0.15, -0.1) is 0 Å². The van der Waals surface area contributed by atoms with Crippen LogP contribution < -0.4 is 5.11 Å². The fourth-order valence-electron chi connectivity index (χ4n) is 6.29. The van der Waals surface area contributed by atoms with E-state index in [0.717, 1.165) is 64.2 Å². The number of carboxylic acid groups (broad SMARTS) is 1. The summed E-state index contributed by atoms with van der Waals surface area (Å²) >= 11 is 0. The van der Waals surface area contributed by atoms with Crippen LogP contribution in [0.2, 0.25) is 0 Å². The quantitative estimate of drug-likeness (QED) is 0.0197.